The molecule has 76 valence electrons. The molecule has 2 atom stereocenters. The summed E-state index contributed by atoms with van der Waals surface area (Å²) in [7, 11) is 0. The van der Waals surface area contributed by atoms with Crippen molar-refractivity contribution < 1.29 is 14.9 Å². The van der Waals surface area contributed by atoms with E-state index in [0.717, 1.165) is 17.9 Å². The Kier molecular flexibility index (Phi) is 2.44. The molecule has 0 bridgehead atoms. The molecule has 0 saturated heterocycles. The standard InChI is InChI=1S/C11H14O3/c1-2-4-8(12)10(13)7-5-3-6-9-11(7)14-9/h3,5-6,8,10,12-13H,2,4H2,1H3. The second-order valence-electron chi connectivity index (χ2n) is 3.58. The van der Waals surface area contributed by atoms with Gasteiger partial charge >= 0.3 is 0 Å². The third-order valence-electron chi connectivity index (χ3n) is 2.45. The van der Waals surface area contributed by atoms with E-state index in [0.29, 0.717) is 12.0 Å². The summed E-state index contributed by atoms with van der Waals surface area (Å²) < 4.78 is 5.15. The smallest absolute Gasteiger partial charge is 0.176 e. The van der Waals surface area contributed by atoms with Crippen molar-refractivity contribution in [3.05, 3.63) is 23.8 Å². The number of benzene rings is 1. The van der Waals surface area contributed by atoms with Crippen molar-refractivity contribution in [2.24, 2.45) is 0 Å². The first-order chi connectivity index (χ1) is 6.74. The van der Waals surface area contributed by atoms with Gasteiger partial charge in [0.15, 0.2) is 11.5 Å². The van der Waals surface area contributed by atoms with Gasteiger partial charge < -0.3 is 14.9 Å². The molecule has 14 heavy (non-hydrogen) atoms. The lowest BCUT2D eigenvalue weighted by molar-refractivity contribution is 0.0129. The van der Waals surface area contributed by atoms with E-state index < -0.39 is 12.2 Å². The van der Waals surface area contributed by atoms with Gasteiger partial charge in [0.1, 0.15) is 6.10 Å². The highest BCUT2D eigenvalue weighted by molar-refractivity contribution is 5.60. The number of para-hydroxylation sites is 1. The van der Waals surface area contributed by atoms with Crippen LogP contribution in [0.1, 0.15) is 31.4 Å². The summed E-state index contributed by atoms with van der Waals surface area (Å²) in [5, 5.41) is 19.4. The summed E-state index contributed by atoms with van der Waals surface area (Å²) in [6, 6.07) is 5.45. The van der Waals surface area contributed by atoms with Gasteiger partial charge in [0.2, 0.25) is 0 Å². The summed E-state index contributed by atoms with van der Waals surface area (Å²) >= 11 is 0. The summed E-state index contributed by atoms with van der Waals surface area (Å²) in [4.78, 5) is 0. The highest BCUT2D eigenvalue weighted by Gasteiger charge is 2.30. The monoisotopic (exact) mass is 194 g/mol. The summed E-state index contributed by atoms with van der Waals surface area (Å²) in [5.41, 5.74) is 0.698. The molecule has 2 unspecified atom stereocenters. The number of hydrogen-bond donors (Lipinski definition) is 2. The Morgan fingerprint density at radius 3 is 2.86 bits per heavy atom. The molecule has 0 saturated carbocycles. The van der Waals surface area contributed by atoms with E-state index in [1.54, 1.807) is 6.07 Å². The minimum Gasteiger partial charge on any atom is -0.449 e. The number of fused-ring (bicyclic) bond motifs is 1. The highest BCUT2D eigenvalue weighted by Crippen LogP contribution is 2.50. The van der Waals surface area contributed by atoms with Crippen molar-refractivity contribution in [3.63, 3.8) is 0 Å². The lowest BCUT2D eigenvalue weighted by Crippen LogP contribution is -2.17. The molecular formula is C11H14O3. The maximum absolute atomic E-state index is 9.80. The van der Waals surface area contributed by atoms with Gasteiger partial charge in [-0.15, -0.1) is 0 Å². The van der Waals surface area contributed by atoms with Gasteiger partial charge in [0, 0.05) is 5.56 Å². The first-order valence-corrected chi connectivity index (χ1v) is 4.91. The lowest BCUT2D eigenvalue weighted by Gasteiger charge is -2.16. The molecule has 3 heteroatoms. The Morgan fingerprint density at radius 1 is 1.36 bits per heavy atom. The molecule has 1 aromatic carbocycles. The van der Waals surface area contributed by atoms with Crippen LogP contribution in [-0.2, 0) is 0 Å². The minimum absolute atomic E-state index is 0.602. The van der Waals surface area contributed by atoms with Crippen LogP contribution in [0, 0.1) is 0 Å². The van der Waals surface area contributed by atoms with Gasteiger partial charge in [-0.25, -0.2) is 0 Å². The van der Waals surface area contributed by atoms with Crippen LogP contribution in [0.4, 0.5) is 0 Å². The Morgan fingerprint density at radius 2 is 2.14 bits per heavy atom. The van der Waals surface area contributed by atoms with Crippen molar-refractivity contribution in [1.29, 1.82) is 0 Å². The van der Waals surface area contributed by atoms with E-state index >= 15 is 0 Å². The fourth-order valence-corrected chi connectivity index (χ4v) is 1.60. The molecule has 0 amide bonds. The SMILES string of the molecule is CCCC(O)C(O)c1cccc2c1O2. The summed E-state index contributed by atoms with van der Waals surface area (Å²) in [6.07, 6.45) is -0.0676. The number of aliphatic hydroxyl groups is 2. The predicted molar refractivity (Wildman–Crippen MR) is 52.4 cm³/mol. The zero-order chi connectivity index (χ0) is 10.1. The first kappa shape index (κ1) is 9.49. The summed E-state index contributed by atoms with van der Waals surface area (Å²) in [6.45, 7) is 1.98. The fraction of sp³-hybridized carbons (Fsp3) is 0.455. The number of aliphatic hydroxyl groups excluding tert-OH is 2. The average Bonchev–Trinajstić information content (AvgIpc) is 2.95. The molecular weight excluding hydrogens is 180 g/mol. The summed E-state index contributed by atoms with van der Waals surface area (Å²) in [5.74, 6) is 1.54. The maximum Gasteiger partial charge on any atom is 0.176 e. The van der Waals surface area contributed by atoms with Crippen LogP contribution in [0.5, 0.6) is 11.5 Å². The van der Waals surface area contributed by atoms with Crippen molar-refractivity contribution in [3.8, 4) is 11.5 Å². The van der Waals surface area contributed by atoms with Gasteiger partial charge in [-0.1, -0.05) is 25.5 Å². The first-order valence-electron chi connectivity index (χ1n) is 4.91. The zero-order valence-corrected chi connectivity index (χ0v) is 8.10. The maximum atomic E-state index is 9.80. The van der Waals surface area contributed by atoms with Gasteiger partial charge in [0.05, 0.1) is 6.10 Å². The van der Waals surface area contributed by atoms with Crippen LogP contribution >= 0.6 is 0 Å². The fourth-order valence-electron chi connectivity index (χ4n) is 1.60. The Balaban J connectivity index is 2.12. The molecule has 1 aromatic rings. The van der Waals surface area contributed by atoms with Gasteiger partial charge in [-0.3, -0.25) is 0 Å². The van der Waals surface area contributed by atoms with Crippen molar-refractivity contribution in [2.75, 3.05) is 0 Å². The highest BCUT2D eigenvalue weighted by atomic mass is 16.6. The van der Waals surface area contributed by atoms with Crippen LogP contribution in [-0.4, -0.2) is 16.3 Å². The van der Waals surface area contributed by atoms with Crippen LogP contribution in [0.2, 0.25) is 0 Å². The number of rotatable bonds is 4. The zero-order valence-electron chi connectivity index (χ0n) is 8.10. The van der Waals surface area contributed by atoms with Crippen LogP contribution in [0.25, 0.3) is 0 Å². The van der Waals surface area contributed by atoms with E-state index in [1.165, 1.54) is 0 Å². The predicted octanol–water partition coefficient (Wildman–Crippen LogP) is 1.99. The van der Waals surface area contributed by atoms with Crippen molar-refractivity contribution >= 4 is 0 Å². The third-order valence-corrected chi connectivity index (χ3v) is 2.45. The largest absolute Gasteiger partial charge is 0.449 e. The van der Waals surface area contributed by atoms with Crippen molar-refractivity contribution in [1.82, 2.24) is 0 Å². The molecule has 2 rings (SSSR count). The molecule has 0 fully saturated rings. The minimum atomic E-state index is -0.826. The molecule has 3 nitrogen and oxygen atoms in total. The molecule has 2 N–H and O–H groups in total. The molecule has 0 aromatic heterocycles. The lowest BCUT2D eigenvalue weighted by atomic mass is 10.0. The Bertz CT molecular complexity index is 335. The Labute approximate surface area is 83.0 Å². The molecule has 0 aliphatic carbocycles. The van der Waals surface area contributed by atoms with E-state index in [4.69, 9.17) is 4.74 Å². The molecule has 1 aliphatic heterocycles. The van der Waals surface area contributed by atoms with Crippen LogP contribution in [0.3, 0.4) is 0 Å². The normalized spacial score (nSPS) is 16.8. The van der Waals surface area contributed by atoms with Crippen molar-refractivity contribution in [2.45, 2.75) is 32.0 Å². The van der Waals surface area contributed by atoms with Gasteiger partial charge in [-0.05, 0) is 12.5 Å². The number of ether oxygens (including phenoxy) is 1. The quantitative estimate of drug-likeness (QED) is 0.732. The van der Waals surface area contributed by atoms with E-state index in [9.17, 15) is 10.2 Å². The van der Waals surface area contributed by atoms with Gasteiger partial charge in [-0.2, -0.15) is 0 Å². The third kappa shape index (κ3) is 1.61. The van der Waals surface area contributed by atoms with E-state index in [2.05, 4.69) is 0 Å². The van der Waals surface area contributed by atoms with E-state index in [-0.39, 0.29) is 0 Å². The number of hydrogen-bond acceptors (Lipinski definition) is 3. The molecule has 0 radical (unpaired) electrons. The molecule has 0 spiro atoms. The molecule has 1 aliphatic rings. The molecule has 1 heterocycles. The van der Waals surface area contributed by atoms with Gasteiger partial charge in [0.25, 0.3) is 0 Å². The second-order valence-corrected chi connectivity index (χ2v) is 3.58. The van der Waals surface area contributed by atoms with Crippen LogP contribution < -0.4 is 4.74 Å². The van der Waals surface area contributed by atoms with Crippen LogP contribution in [0.15, 0.2) is 18.2 Å². The van der Waals surface area contributed by atoms with E-state index in [1.807, 2.05) is 19.1 Å². The Hall–Kier alpha value is -1.06. The topological polar surface area (TPSA) is 53.0 Å². The second kappa shape index (κ2) is 3.59. The average molecular weight is 194 g/mol.